The Hall–Kier alpha value is -2.54. The number of carbonyl (C=O) groups excluding carboxylic acids is 1. The van der Waals surface area contributed by atoms with Gasteiger partial charge in [-0.25, -0.2) is 0 Å². The van der Waals surface area contributed by atoms with Crippen molar-refractivity contribution in [2.75, 3.05) is 0 Å². The summed E-state index contributed by atoms with van der Waals surface area (Å²) in [5.74, 6) is 0.385. The molecule has 0 spiro atoms. The van der Waals surface area contributed by atoms with Gasteiger partial charge in [0.15, 0.2) is 0 Å². The van der Waals surface area contributed by atoms with E-state index in [4.69, 9.17) is 0 Å². The number of benzene rings is 2. The van der Waals surface area contributed by atoms with Crippen molar-refractivity contribution in [3.05, 3.63) is 64.1 Å². The number of tetrazole rings is 1. The molecule has 1 N–H and O–H groups in total. The number of fused-ring (bicyclic) bond motifs is 1. The number of hydrogen-bond acceptors (Lipinski definition) is 4. The highest BCUT2D eigenvalue weighted by Crippen LogP contribution is 2.29. The number of aromatic nitrogens is 4. The van der Waals surface area contributed by atoms with Crippen LogP contribution in [-0.2, 0) is 17.8 Å². The van der Waals surface area contributed by atoms with E-state index in [1.807, 2.05) is 36.4 Å². The maximum atomic E-state index is 12.5. The molecule has 7 heteroatoms. The van der Waals surface area contributed by atoms with Crippen molar-refractivity contribution in [2.24, 2.45) is 0 Å². The molecule has 1 aliphatic rings. The van der Waals surface area contributed by atoms with Crippen molar-refractivity contribution in [1.82, 2.24) is 25.5 Å². The smallest absolute Gasteiger partial charge is 0.244 e. The number of aryl methyl sites for hydroxylation is 1. The fourth-order valence-corrected chi connectivity index (χ4v) is 3.79. The van der Waals surface area contributed by atoms with Gasteiger partial charge in [-0.3, -0.25) is 4.79 Å². The van der Waals surface area contributed by atoms with Gasteiger partial charge >= 0.3 is 0 Å². The maximum Gasteiger partial charge on any atom is 0.244 e. The maximum absolute atomic E-state index is 12.5. The fourth-order valence-electron chi connectivity index (χ4n) is 3.33. The van der Waals surface area contributed by atoms with Crippen LogP contribution in [0.2, 0.25) is 0 Å². The van der Waals surface area contributed by atoms with Gasteiger partial charge in [0.25, 0.3) is 0 Å². The lowest BCUT2D eigenvalue weighted by Gasteiger charge is -2.26. The second-order valence-electron chi connectivity index (χ2n) is 6.33. The first kappa shape index (κ1) is 16.9. The third kappa shape index (κ3) is 3.53. The lowest BCUT2D eigenvalue weighted by atomic mass is 9.88. The SMILES string of the molecule is O=C(Cn1nnc(-c2ccccc2Br)n1)N[C@H]1CCCc2ccccc21. The highest BCUT2D eigenvalue weighted by Gasteiger charge is 2.22. The Morgan fingerprint density at radius 2 is 2.00 bits per heavy atom. The topological polar surface area (TPSA) is 72.7 Å². The van der Waals surface area contributed by atoms with Crippen LogP contribution in [0.15, 0.2) is 53.0 Å². The summed E-state index contributed by atoms with van der Waals surface area (Å²) in [5, 5.41) is 15.5. The molecule has 26 heavy (non-hydrogen) atoms. The van der Waals surface area contributed by atoms with E-state index in [0.717, 1.165) is 29.3 Å². The van der Waals surface area contributed by atoms with Crippen LogP contribution in [0.3, 0.4) is 0 Å². The van der Waals surface area contributed by atoms with Gasteiger partial charge in [-0.2, -0.15) is 4.80 Å². The Labute approximate surface area is 159 Å². The highest BCUT2D eigenvalue weighted by atomic mass is 79.9. The first-order valence-electron chi connectivity index (χ1n) is 8.60. The average Bonchev–Trinajstić information content (AvgIpc) is 3.10. The molecule has 1 heterocycles. The van der Waals surface area contributed by atoms with E-state index in [9.17, 15) is 4.79 Å². The van der Waals surface area contributed by atoms with Gasteiger partial charge in [-0.05, 0) is 47.7 Å². The third-order valence-electron chi connectivity index (χ3n) is 4.56. The molecule has 1 aromatic heterocycles. The number of rotatable bonds is 4. The predicted molar refractivity (Wildman–Crippen MR) is 101 cm³/mol. The molecule has 132 valence electrons. The highest BCUT2D eigenvalue weighted by molar-refractivity contribution is 9.10. The molecule has 0 fully saturated rings. The van der Waals surface area contributed by atoms with Crippen molar-refractivity contribution in [3.8, 4) is 11.4 Å². The molecule has 3 aromatic rings. The molecule has 1 aliphatic carbocycles. The van der Waals surface area contributed by atoms with Crippen LogP contribution in [0, 0.1) is 0 Å². The molecular formula is C19H18BrN5O. The summed E-state index contributed by atoms with van der Waals surface area (Å²) in [6.45, 7) is 0.0517. The Morgan fingerprint density at radius 1 is 1.19 bits per heavy atom. The zero-order chi connectivity index (χ0) is 17.9. The van der Waals surface area contributed by atoms with Crippen LogP contribution in [0.5, 0.6) is 0 Å². The Kier molecular flexibility index (Phi) is 4.79. The van der Waals surface area contributed by atoms with Crippen molar-refractivity contribution >= 4 is 21.8 Å². The van der Waals surface area contributed by atoms with Crippen molar-refractivity contribution < 1.29 is 4.79 Å². The summed E-state index contributed by atoms with van der Waals surface area (Å²) in [5.41, 5.74) is 3.38. The van der Waals surface area contributed by atoms with E-state index in [1.165, 1.54) is 15.9 Å². The van der Waals surface area contributed by atoms with Crippen molar-refractivity contribution in [3.63, 3.8) is 0 Å². The number of carbonyl (C=O) groups is 1. The van der Waals surface area contributed by atoms with E-state index < -0.39 is 0 Å². The summed E-state index contributed by atoms with van der Waals surface area (Å²) in [6.07, 6.45) is 3.11. The minimum atomic E-state index is -0.109. The summed E-state index contributed by atoms with van der Waals surface area (Å²) in [6, 6.07) is 16.0. The molecular weight excluding hydrogens is 394 g/mol. The first-order chi connectivity index (χ1) is 12.7. The molecule has 0 saturated heterocycles. The van der Waals surface area contributed by atoms with E-state index >= 15 is 0 Å². The lowest BCUT2D eigenvalue weighted by molar-refractivity contribution is -0.122. The molecule has 0 aliphatic heterocycles. The van der Waals surface area contributed by atoms with Gasteiger partial charge in [-0.15, -0.1) is 10.2 Å². The fraction of sp³-hybridized carbons (Fsp3) is 0.263. The summed E-state index contributed by atoms with van der Waals surface area (Å²) in [4.78, 5) is 13.8. The number of amides is 1. The minimum absolute atomic E-state index is 0.0517. The normalized spacial score (nSPS) is 16.1. The van der Waals surface area contributed by atoms with Crippen LogP contribution in [0.25, 0.3) is 11.4 Å². The summed E-state index contributed by atoms with van der Waals surface area (Å²) >= 11 is 3.48. The molecule has 0 saturated carbocycles. The minimum Gasteiger partial charge on any atom is -0.348 e. The second kappa shape index (κ2) is 7.37. The van der Waals surface area contributed by atoms with E-state index in [2.05, 4.69) is 48.8 Å². The average molecular weight is 412 g/mol. The van der Waals surface area contributed by atoms with Gasteiger partial charge in [0.1, 0.15) is 6.54 Å². The monoisotopic (exact) mass is 411 g/mol. The van der Waals surface area contributed by atoms with Gasteiger partial charge in [0, 0.05) is 10.0 Å². The molecule has 2 aromatic carbocycles. The van der Waals surface area contributed by atoms with Gasteiger partial charge in [0.05, 0.1) is 6.04 Å². The Morgan fingerprint density at radius 3 is 2.88 bits per heavy atom. The molecule has 6 nitrogen and oxygen atoms in total. The Bertz CT molecular complexity index is 939. The predicted octanol–water partition coefficient (Wildman–Crippen LogP) is 3.30. The second-order valence-corrected chi connectivity index (χ2v) is 7.19. The summed E-state index contributed by atoms with van der Waals surface area (Å²) in [7, 11) is 0. The van der Waals surface area contributed by atoms with Crippen LogP contribution < -0.4 is 5.32 Å². The van der Waals surface area contributed by atoms with Gasteiger partial charge in [-0.1, -0.05) is 52.3 Å². The van der Waals surface area contributed by atoms with Crippen molar-refractivity contribution in [1.29, 1.82) is 0 Å². The quantitative estimate of drug-likeness (QED) is 0.714. The molecule has 1 atom stereocenters. The lowest BCUT2D eigenvalue weighted by Crippen LogP contribution is -2.34. The van der Waals surface area contributed by atoms with Gasteiger partial charge in [0.2, 0.25) is 11.7 Å². The van der Waals surface area contributed by atoms with Crippen LogP contribution >= 0.6 is 15.9 Å². The number of nitrogens with one attached hydrogen (secondary N) is 1. The van der Waals surface area contributed by atoms with Crippen LogP contribution in [0.1, 0.15) is 30.0 Å². The number of hydrogen-bond donors (Lipinski definition) is 1. The molecule has 1 amide bonds. The number of halogens is 1. The molecule has 0 unspecified atom stereocenters. The largest absolute Gasteiger partial charge is 0.348 e. The van der Waals surface area contributed by atoms with Crippen molar-refractivity contribution in [2.45, 2.75) is 31.8 Å². The summed E-state index contributed by atoms with van der Waals surface area (Å²) < 4.78 is 0.891. The molecule has 4 rings (SSSR count). The Balaban J connectivity index is 1.44. The van der Waals surface area contributed by atoms with Crippen LogP contribution in [0.4, 0.5) is 0 Å². The molecule has 0 radical (unpaired) electrons. The standard InChI is InChI=1S/C19H18BrN5O/c20-16-10-4-3-9-15(16)19-22-24-25(23-19)12-18(26)21-17-11-5-7-13-6-1-2-8-14(13)17/h1-4,6,8-10,17H,5,7,11-12H2,(H,21,26)/t17-/m0/s1. The molecule has 0 bridgehead atoms. The third-order valence-corrected chi connectivity index (χ3v) is 5.25. The van der Waals surface area contributed by atoms with E-state index in [0.29, 0.717) is 5.82 Å². The van der Waals surface area contributed by atoms with Crippen LogP contribution in [-0.4, -0.2) is 26.1 Å². The first-order valence-corrected chi connectivity index (χ1v) is 9.40. The van der Waals surface area contributed by atoms with E-state index in [-0.39, 0.29) is 18.5 Å². The van der Waals surface area contributed by atoms with Gasteiger partial charge < -0.3 is 5.32 Å². The zero-order valence-corrected chi connectivity index (χ0v) is 15.7. The zero-order valence-electron chi connectivity index (χ0n) is 14.1. The number of nitrogens with zero attached hydrogens (tertiary/aromatic N) is 4. The van der Waals surface area contributed by atoms with E-state index in [1.54, 1.807) is 0 Å².